The van der Waals surface area contributed by atoms with E-state index in [1.54, 1.807) is 12.1 Å². The van der Waals surface area contributed by atoms with Gasteiger partial charge in [0.15, 0.2) is 0 Å². The van der Waals surface area contributed by atoms with Crippen LogP contribution in [0.5, 0.6) is 11.5 Å². The van der Waals surface area contributed by atoms with E-state index in [0.717, 1.165) is 78.0 Å². The number of phenols is 1. The van der Waals surface area contributed by atoms with Gasteiger partial charge in [0.2, 0.25) is 5.79 Å². The van der Waals surface area contributed by atoms with Crippen LogP contribution < -0.4 is 4.74 Å². The molecule has 3 N–H and O–H groups in total. The number of aliphatic hydroxyl groups excluding tert-OH is 2. The highest BCUT2D eigenvalue weighted by atomic mass is 16.7. The summed E-state index contributed by atoms with van der Waals surface area (Å²) in [6, 6.07) is 28.9. The molecule has 0 unspecified atom stereocenters. The van der Waals surface area contributed by atoms with Crippen molar-refractivity contribution in [1.29, 1.82) is 0 Å². The molecule has 1 saturated carbocycles. The standard InChI is InChI=1S/C58H76N2O8/c1-3-5-6-7-8-9-10-11-12-22-37-65-57(64)60(41-46-29-23-28-44-26-16-17-30-48(44)46)54-40-52(59-67-42-43-24-14-13-15-25-43)50-38-45(27-18-20-34-61)49(31-19-21-35-62)55-51-39-47(63)32-33-53(51)68-58(54,56(50)55)66-36-4-2/h4,13-17,23-26,28-30,32-33,38-39,45,49,54-56,61-63H,2-3,5-12,18-22,27,31,34-37,40-42H2,1H3/t45-,49+,54-,55+,56+,58+/m0/s1. The second-order valence-electron chi connectivity index (χ2n) is 19.1. The molecule has 4 aromatic rings. The highest BCUT2D eigenvalue weighted by Crippen LogP contribution is 2.62. The van der Waals surface area contributed by atoms with Crippen LogP contribution in [0.1, 0.15) is 139 Å². The number of rotatable bonds is 28. The lowest BCUT2D eigenvalue weighted by Gasteiger charge is -2.59. The second kappa shape index (κ2) is 26.0. The van der Waals surface area contributed by atoms with Crippen molar-refractivity contribution in [2.45, 2.75) is 147 Å². The monoisotopic (exact) mass is 929 g/mol. The minimum Gasteiger partial charge on any atom is -0.508 e. The van der Waals surface area contributed by atoms with E-state index in [4.69, 9.17) is 24.2 Å². The zero-order chi connectivity index (χ0) is 47.6. The van der Waals surface area contributed by atoms with Crippen molar-refractivity contribution in [2.24, 2.45) is 22.9 Å². The summed E-state index contributed by atoms with van der Waals surface area (Å²) < 4.78 is 20.9. The van der Waals surface area contributed by atoms with Gasteiger partial charge < -0.3 is 34.4 Å². The molecule has 0 radical (unpaired) electrons. The summed E-state index contributed by atoms with van der Waals surface area (Å²) in [7, 11) is 0. The molecule has 7 rings (SSSR count). The molecule has 4 aromatic carbocycles. The normalized spacial score (nSPS) is 22.2. The van der Waals surface area contributed by atoms with Crippen LogP contribution in [0.15, 0.2) is 120 Å². The lowest BCUT2D eigenvalue weighted by Crippen LogP contribution is -2.70. The van der Waals surface area contributed by atoms with Crippen LogP contribution in [0.4, 0.5) is 4.79 Å². The summed E-state index contributed by atoms with van der Waals surface area (Å²) in [5, 5.41) is 38.2. The van der Waals surface area contributed by atoms with E-state index in [2.05, 4.69) is 43.8 Å². The highest BCUT2D eigenvalue weighted by Gasteiger charge is 2.65. The smallest absolute Gasteiger partial charge is 0.410 e. The van der Waals surface area contributed by atoms with Gasteiger partial charge in [-0.25, -0.2) is 4.79 Å². The van der Waals surface area contributed by atoms with Crippen molar-refractivity contribution < 1.29 is 39.2 Å². The van der Waals surface area contributed by atoms with Crippen LogP contribution in [0, 0.1) is 17.8 Å². The zero-order valence-electron chi connectivity index (χ0n) is 40.4. The summed E-state index contributed by atoms with van der Waals surface area (Å²) in [4.78, 5) is 23.3. The summed E-state index contributed by atoms with van der Waals surface area (Å²) in [5.41, 5.74) is 4.46. The van der Waals surface area contributed by atoms with Gasteiger partial charge in [-0.2, -0.15) is 0 Å². The summed E-state index contributed by atoms with van der Waals surface area (Å²) in [6.07, 6.45) is 20.2. The number of allylic oxidation sites excluding steroid dienone is 1. The van der Waals surface area contributed by atoms with Crippen LogP contribution in [-0.2, 0) is 27.5 Å². The minimum absolute atomic E-state index is 0.0326. The number of aromatic hydroxyl groups is 1. The number of carbonyl (C=O) groups is 1. The Balaban J connectivity index is 1.33. The fourth-order valence-electron chi connectivity index (χ4n) is 11.2. The number of aliphatic hydroxyl groups is 2. The maximum absolute atomic E-state index is 15.2. The molecule has 3 aliphatic rings. The third-order valence-electron chi connectivity index (χ3n) is 14.5. The molecule has 366 valence electrons. The van der Waals surface area contributed by atoms with Crippen molar-refractivity contribution in [3.05, 3.63) is 132 Å². The van der Waals surface area contributed by atoms with E-state index >= 15 is 4.79 Å². The third kappa shape index (κ3) is 12.5. The molecule has 0 spiro atoms. The van der Waals surface area contributed by atoms with Crippen molar-refractivity contribution in [1.82, 2.24) is 4.90 Å². The van der Waals surface area contributed by atoms with Gasteiger partial charge in [0.1, 0.15) is 24.1 Å². The maximum atomic E-state index is 15.2. The number of hydrogen-bond donors (Lipinski definition) is 3. The van der Waals surface area contributed by atoms with Crippen molar-refractivity contribution in [3.63, 3.8) is 0 Å². The Hall–Kier alpha value is -5.16. The molecule has 1 aliphatic heterocycles. The van der Waals surface area contributed by atoms with Gasteiger partial charge in [0.05, 0.1) is 31.4 Å². The number of oxime groups is 1. The molecule has 10 heteroatoms. The van der Waals surface area contributed by atoms with E-state index in [1.807, 2.05) is 65.6 Å². The first kappa shape index (κ1) is 50.7. The molecular formula is C58H76N2O8. The molecule has 0 saturated heterocycles. The average molecular weight is 929 g/mol. The first-order valence-corrected chi connectivity index (χ1v) is 25.8. The predicted molar refractivity (Wildman–Crippen MR) is 271 cm³/mol. The fourth-order valence-corrected chi connectivity index (χ4v) is 11.2. The lowest BCUT2D eigenvalue weighted by atomic mass is 9.55. The Labute approximate surface area is 405 Å². The number of phenolic OH excluding ortho intramolecular Hbond substituents is 1. The topological polar surface area (TPSA) is 130 Å². The summed E-state index contributed by atoms with van der Waals surface area (Å²) >= 11 is 0. The van der Waals surface area contributed by atoms with E-state index in [9.17, 15) is 15.3 Å². The van der Waals surface area contributed by atoms with Gasteiger partial charge in [-0.15, -0.1) is 6.58 Å². The molecule has 6 atom stereocenters. The molecule has 0 bridgehead atoms. The van der Waals surface area contributed by atoms with Gasteiger partial charge >= 0.3 is 6.09 Å². The molecule has 2 aliphatic carbocycles. The Bertz CT molecular complexity index is 2260. The second-order valence-corrected chi connectivity index (χ2v) is 19.1. The number of hydrogen-bond acceptors (Lipinski definition) is 9. The van der Waals surface area contributed by atoms with Crippen LogP contribution in [0.25, 0.3) is 10.8 Å². The minimum atomic E-state index is -1.46. The van der Waals surface area contributed by atoms with Gasteiger partial charge in [0.25, 0.3) is 0 Å². The van der Waals surface area contributed by atoms with Gasteiger partial charge in [0, 0.05) is 31.1 Å². The number of nitrogens with zero attached hydrogens (tertiary/aromatic N) is 2. The molecule has 1 amide bonds. The molecule has 1 fully saturated rings. The van der Waals surface area contributed by atoms with Gasteiger partial charge in [-0.1, -0.05) is 168 Å². The SMILES string of the molecule is C=CCO[C@@]12Oc3ccc(O)cc3[C@H]3[C@H](CCCCO)[C@@H](CCCCO)C=C(C(=NOCc4ccccc4)C[C@@H]1N(Cc1cccc4ccccc14)C(=O)OCCCCCCCCCCCC)[C@H]32. The van der Waals surface area contributed by atoms with Crippen molar-refractivity contribution in [3.8, 4) is 11.5 Å². The lowest BCUT2D eigenvalue weighted by molar-refractivity contribution is -0.256. The number of benzene rings is 4. The number of fused-ring (bicyclic) bond motifs is 3. The summed E-state index contributed by atoms with van der Waals surface area (Å²) in [5.74, 6) is -1.40. The Kier molecular flexibility index (Phi) is 19.4. The fraction of sp³-hybridized carbons (Fsp3) is 0.517. The zero-order valence-corrected chi connectivity index (χ0v) is 40.4. The number of amides is 1. The average Bonchev–Trinajstić information content (AvgIpc) is 3.36. The van der Waals surface area contributed by atoms with Crippen LogP contribution in [-0.4, -0.2) is 70.3 Å². The van der Waals surface area contributed by atoms with Gasteiger partial charge in [-0.05, 0) is 89.6 Å². The molecule has 0 aromatic heterocycles. The van der Waals surface area contributed by atoms with Crippen LogP contribution in [0.2, 0.25) is 0 Å². The number of ether oxygens (including phenoxy) is 3. The van der Waals surface area contributed by atoms with Gasteiger partial charge in [-0.3, -0.25) is 4.90 Å². The van der Waals surface area contributed by atoms with Crippen molar-refractivity contribution in [2.75, 3.05) is 26.4 Å². The number of unbranched alkanes of at least 4 members (excludes halogenated alkanes) is 11. The predicted octanol–water partition coefficient (Wildman–Crippen LogP) is 12.9. The third-order valence-corrected chi connectivity index (χ3v) is 14.5. The van der Waals surface area contributed by atoms with E-state index in [0.29, 0.717) is 30.9 Å². The Morgan fingerprint density at radius 1 is 0.838 bits per heavy atom. The first-order chi connectivity index (χ1) is 33.4. The molecule has 1 heterocycles. The summed E-state index contributed by atoms with van der Waals surface area (Å²) in [6.45, 7) is 7.44. The maximum Gasteiger partial charge on any atom is 0.410 e. The Morgan fingerprint density at radius 3 is 2.29 bits per heavy atom. The van der Waals surface area contributed by atoms with Crippen LogP contribution in [0.3, 0.4) is 0 Å². The van der Waals surface area contributed by atoms with E-state index in [1.165, 1.54) is 44.9 Å². The quantitative estimate of drug-likeness (QED) is 0.0292. The van der Waals surface area contributed by atoms with E-state index in [-0.39, 0.29) is 62.9 Å². The first-order valence-electron chi connectivity index (χ1n) is 25.8. The van der Waals surface area contributed by atoms with Crippen LogP contribution >= 0.6 is 0 Å². The molecular weight excluding hydrogens is 853 g/mol. The number of carbonyl (C=O) groups excluding carboxylic acids is 1. The largest absolute Gasteiger partial charge is 0.508 e. The van der Waals surface area contributed by atoms with Crippen molar-refractivity contribution >= 4 is 22.6 Å². The highest BCUT2D eigenvalue weighted by molar-refractivity contribution is 6.03. The molecule has 68 heavy (non-hydrogen) atoms. The molecule has 10 nitrogen and oxygen atoms in total. The van der Waals surface area contributed by atoms with E-state index < -0.39 is 23.8 Å². The Morgan fingerprint density at radius 2 is 1.54 bits per heavy atom.